The summed E-state index contributed by atoms with van der Waals surface area (Å²) in [7, 11) is 0. The number of likely N-dealkylation sites (tertiary alicyclic amines) is 1. The predicted octanol–water partition coefficient (Wildman–Crippen LogP) is 4.04. The summed E-state index contributed by atoms with van der Waals surface area (Å²) in [5.41, 5.74) is 2.95. The summed E-state index contributed by atoms with van der Waals surface area (Å²) in [6.45, 7) is 2.81. The molecule has 1 N–H and O–H groups in total. The number of rotatable bonds is 6. The highest BCUT2D eigenvalue weighted by atomic mass is 16.1. The Labute approximate surface area is 160 Å². The molecule has 27 heavy (non-hydrogen) atoms. The normalized spacial score (nSPS) is 15.6. The number of carbonyl (C=O) groups excluding carboxylic acids is 1. The Kier molecular flexibility index (Phi) is 5.35. The fourth-order valence-corrected chi connectivity index (χ4v) is 3.79. The highest BCUT2D eigenvalue weighted by molar-refractivity contribution is 5.94. The first kappa shape index (κ1) is 17.6. The Morgan fingerprint density at radius 3 is 2.41 bits per heavy atom. The van der Waals surface area contributed by atoms with E-state index in [0.717, 1.165) is 18.8 Å². The van der Waals surface area contributed by atoms with Gasteiger partial charge in [0, 0.05) is 30.2 Å². The van der Waals surface area contributed by atoms with Crippen LogP contribution >= 0.6 is 0 Å². The van der Waals surface area contributed by atoms with E-state index in [0.29, 0.717) is 12.1 Å². The monoisotopic (exact) mass is 359 g/mol. The molecule has 0 saturated carbocycles. The quantitative estimate of drug-likeness (QED) is 0.721. The van der Waals surface area contributed by atoms with Crippen LogP contribution in [-0.2, 0) is 0 Å². The molecule has 1 saturated heterocycles. The van der Waals surface area contributed by atoms with E-state index in [1.165, 1.54) is 18.4 Å². The molecule has 0 bridgehead atoms. The first-order valence-corrected chi connectivity index (χ1v) is 9.62. The van der Waals surface area contributed by atoms with Gasteiger partial charge in [-0.05, 0) is 61.8 Å². The number of amides is 1. The first-order chi connectivity index (χ1) is 13.3. The van der Waals surface area contributed by atoms with Crippen LogP contribution in [0.1, 0.15) is 34.8 Å². The lowest BCUT2D eigenvalue weighted by Gasteiger charge is -2.28. The smallest absolute Gasteiger partial charge is 0.251 e. The van der Waals surface area contributed by atoms with Gasteiger partial charge in [-0.2, -0.15) is 0 Å². The molecule has 0 spiro atoms. The molecule has 1 fully saturated rings. The first-order valence-electron chi connectivity index (χ1n) is 9.62. The third-order valence-electron chi connectivity index (χ3n) is 5.23. The van der Waals surface area contributed by atoms with Crippen molar-refractivity contribution in [2.24, 2.45) is 0 Å². The fourth-order valence-electron chi connectivity index (χ4n) is 3.79. The maximum Gasteiger partial charge on any atom is 0.251 e. The van der Waals surface area contributed by atoms with Gasteiger partial charge in [-0.25, -0.2) is 0 Å². The molecule has 1 aromatic heterocycles. The molecule has 4 nitrogen and oxygen atoms in total. The van der Waals surface area contributed by atoms with Crippen molar-refractivity contribution in [2.45, 2.75) is 18.9 Å². The van der Waals surface area contributed by atoms with Crippen LogP contribution in [0.4, 0.5) is 0 Å². The van der Waals surface area contributed by atoms with Crippen molar-refractivity contribution < 1.29 is 4.79 Å². The number of hydrogen-bond donors (Lipinski definition) is 1. The molecule has 0 radical (unpaired) electrons. The van der Waals surface area contributed by atoms with Gasteiger partial charge in [0.25, 0.3) is 5.91 Å². The van der Waals surface area contributed by atoms with Crippen molar-refractivity contribution in [3.63, 3.8) is 0 Å². The van der Waals surface area contributed by atoms with Gasteiger partial charge in [-0.1, -0.05) is 36.4 Å². The second kappa shape index (κ2) is 8.23. The summed E-state index contributed by atoms with van der Waals surface area (Å²) >= 11 is 0. The van der Waals surface area contributed by atoms with Crippen LogP contribution < -0.4 is 5.32 Å². The largest absolute Gasteiger partial charge is 0.350 e. The standard InChI is InChI=1S/C23H25N3O/c27-23(20-11-8-12-21(17-20)25-13-4-5-14-25)24-18-22(26-15-6-7-16-26)19-9-2-1-3-10-19/h1-5,8-14,17,22H,6-7,15-16,18H2,(H,24,27). The molecule has 1 unspecified atom stereocenters. The molecule has 4 heteroatoms. The van der Waals surface area contributed by atoms with Crippen LogP contribution in [0.5, 0.6) is 0 Å². The second-order valence-electron chi connectivity index (χ2n) is 7.02. The minimum atomic E-state index is -0.0239. The highest BCUT2D eigenvalue weighted by Crippen LogP contribution is 2.24. The van der Waals surface area contributed by atoms with Crippen molar-refractivity contribution >= 4 is 5.91 Å². The van der Waals surface area contributed by atoms with E-state index >= 15 is 0 Å². The maximum atomic E-state index is 12.8. The molecule has 2 aromatic carbocycles. The van der Waals surface area contributed by atoms with Gasteiger partial charge < -0.3 is 9.88 Å². The topological polar surface area (TPSA) is 37.3 Å². The summed E-state index contributed by atoms with van der Waals surface area (Å²) in [6.07, 6.45) is 6.43. The molecular formula is C23H25N3O. The van der Waals surface area contributed by atoms with E-state index in [2.05, 4.69) is 34.5 Å². The van der Waals surface area contributed by atoms with Crippen molar-refractivity contribution in [3.05, 3.63) is 90.3 Å². The van der Waals surface area contributed by atoms with Crippen molar-refractivity contribution in [1.29, 1.82) is 0 Å². The van der Waals surface area contributed by atoms with Crippen LogP contribution in [-0.4, -0.2) is 35.0 Å². The average molecular weight is 359 g/mol. The van der Waals surface area contributed by atoms with Gasteiger partial charge in [-0.15, -0.1) is 0 Å². The molecule has 1 atom stereocenters. The lowest BCUT2D eigenvalue weighted by Crippen LogP contribution is -2.36. The highest BCUT2D eigenvalue weighted by Gasteiger charge is 2.24. The Balaban J connectivity index is 1.47. The van der Waals surface area contributed by atoms with Crippen LogP contribution in [0.25, 0.3) is 5.69 Å². The van der Waals surface area contributed by atoms with E-state index in [1.54, 1.807) is 0 Å². The number of aromatic nitrogens is 1. The number of nitrogens with one attached hydrogen (secondary N) is 1. The third-order valence-corrected chi connectivity index (χ3v) is 5.23. The third kappa shape index (κ3) is 4.12. The van der Waals surface area contributed by atoms with E-state index < -0.39 is 0 Å². The van der Waals surface area contributed by atoms with Gasteiger partial charge in [0.15, 0.2) is 0 Å². The summed E-state index contributed by atoms with van der Waals surface area (Å²) in [6, 6.07) is 22.4. The number of carbonyl (C=O) groups is 1. The SMILES string of the molecule is O=C(NCC(c1ccccc1)N1CCCC1)c1cccc(-n2cccc2)c1. The summed E-state index contributed by atoms with van der Waals surface area (Å²) in [5, 5.41) is 3.16. The molecule has 2 heterocycles. The zero-order chi connectivity index (χ0) is 18.5. The van der Waals surface area contributed by atoms with Crippen LogP contribution in [0.3, 0.4) is 0 Å². The Morgan fingerprint density at radius 1 is 0.926 bits per heavy atom. The molecule has 0 aliphatic carbocycles. The zero-order valence-electron chi connectivity index (χ0n) is 15.4. The van der Waals surface area contributed by atoms with Crippen LogP contribution in [0.2, 0.25) is 0 Å². The average Bonchev–Trinajstić information content (AvgIpc) is 3.43. The van der Waals surface area contributed by atoms with E-state index in [9.17, 15) is 4.79 Å². The molecule has 3 aromatic rings. The minimum Gasteiger partial charge on any atom is -0.350 e. The molecular weight excluding hydrogens is 334 g/mol. The molecule has 1 aliphatic heterocycles. The lowest BCUT2D eigenvalue weighted by molar-refractivity contribution is 0.0938. The molecule has 1 amide bonds. The fraction of sp³-hybridized carbons (Fsp3) is 0.261. The molecule has 138 valence electrons. The molecule has 1 aliphatic rings. The van der Waals surface area contributed by atoms with Gasteiger partial charge >= 0.3 is 0 Å². The van der Waals surface area contributed by atoms with Gasteiger partial charge in [0.1, 0.15) is 0 Å². The number of benzene rings is 2. The van der Waals surface area contributed by atoms with E-state index in [-0.39, 0.29) is 11.9 Å². The summed E-state index contributed by atoms with van der Waals surface area (Å²) in [4.78, 5) is 15.3. The van der Waals surface area contributed by atoms with E-state index in [4.69, 9.17) is 0 Å². The van der Waals surface area contributed by atoms with Crippen LogP contribution in [0.15, 0.2) is 79.1 Å². The van der Waals surface area contributed by atoms with Crippen molar-refractivity contribution in [3.8, 4) is 5.69 Å². The second-order valence-corrected chi connectivity index (χ2v) is 7.02. The number of hydrogen-bond acceptors (Lipinski definition) is 2. The Bertz CT molecular complexity index is 868. The van der Waals surface area contributed by atoms with Gasteiger partial charge in [-0.3, -0.25) is 9.69 Å². The number of nitrogens with zero attached hydrogens (tertiary/aromatic N) is 2. The Hall–Kier alpha value is -2.85. The van der Waals surface area contributed by atoms with Crippen molar-refractivity contribution in [2.75, 3.05) is 19.6 Å². The Morgan fingerprint density at radius 2 is 1.67 bits per heavy atom. The molecule has 4 rings (SSSR count). The van der Waals surface area contributed by atoms with Crippen molar-refractivity contribution in [1.82, 2.24) is 14.8 Å². The minimum absolute atomic E-state index is 0.0239. The maximum absolute atomic E-state index is 12.8. The summed E-state index contributed by atoms with van der Waals surface area (Å²) < 4.78 is 2.01. The van der Waals surface area contributed by atoms with Crippen LogP contribution in [0, 0.1) is 0 Å². The lowest BCUT2D eigenvalue weighted by atomic mass is 10.1. The van der Waals surface area contributed by atoms with Gasteiger partial charge in [0.05, 0.1) is 6.04 Å². The van der Waals surface area contributed by atoms with E-state index in [1.807, 2.05) is 59.4 Å². The predicted molar refractivity (Wildman–Crippen MR) is 108 cm³/mol. The summed E-state index contributed by atoms with van der Waals surface area (Å²) in [5.74, 6) is -0.0239. The zero-order valence-corrected chi connectivity index (χ0v) is 15.4. The van der Waals surface area contributed by atoms with Gasteiger partial charge in [0.2, 0.25) is 0 Å².